The van der Waals surface area contributed by atoms with Gasteiger partial charge >= 0.3 is 0 Å². The van der Waals surface area contributed by atoms with E-state index in [0.29, 0.717) is 19.4 Å². The molecule has 230 valence electrons. The van der Waals surface area contributed by atoms with Crippen molar-refractivity contribution in [2.24, 2.45) is 0 Å². The summed E-state index contributed by atoms with van der Waals surface area (Å²) in [6.45, 7) is 9.72. The van der Waals surface area contributed by atoms with E-state index < -0.39 is 10.1 Å². The lowest BCUT2D eigenvalue weighted by Gasteiger charge is -2.21. The number of hydrogen-bond acceptors (Lipinski definition) is 3. The molecule has 0 saturated heterocycles. The summed E-state index contributed by atoms with van der Waals surface area (Å²) in [6, 6.07) is 25.7. The molecule has 5 nitrogen and oxygen atoms in total. The molecule has 2 heterocycles. The topological polar surface area (TPSA) is 69.4 Å². The van der Waals surface area contributed by atoms with Crippen molar-refractivity contribution >= 4 is 48.7 Å². The highest BCUT2D eigenvalue weighted by Crippen LogP contribution is 2.47. The van der Waals surface area contributed by atoms with Crippen LogP contribution in [0.15, 0.2) is 121 Å². The molecule has 0 spiro atoms. The molecular weight excluding hydrogens is 577 g/mol. The minimum Gasteiger partial charge on any atom is -0.358 e. The molecular formula is C39H41N2O3S+. The molecule has 2 aliphatic heterocycles. The molecule has 0 fully saturated rings. The molecule has 4 aromatic carbocycles. The second kappa shape index (κ2) is 11.9. The van der Waals surface area contributed by atoms with E-state index in [4.69, 9.17) is 0 Å². The number of unbranched alkanes of at least 4 members (excludes halogenated alkanes) is 1. The predicted octanol–water partition coefficient (Wildman–Crippen LogP) is 8.99. The maximum Gasteiger partial charge on any atom is 0.264 e. The van der Waals surface area contributed by atoms with Crippen LogP contribution in [0, 0.1) is 0 Å². The van der Waals surface area contributed by atoms with E-state index >= 15 is 0 Å². The third-order valence-corrected chi connectivity index (χ3v) is 10.1. The molecule has 4 aromatic rings. The molecule has 0 atom stereocenters. The molecule has 6 rings (SSSR count). The summed E-state index contributed by atoms with van der Waals surface area (Å²) in [7, 11) is -3.97. The van der Waals surface area contributed by atoms with Gasteiger partial charge in [0, 0.05) is 40.9 Å². The Hall–Kier alpha value is -4.26. The number of fused-ring (bicyclic) bond motifs is 6. The number of rotatable bonds is 9. The first-order valence-electron chi connectivity index (χ1n) is 15.6. The Morgan fingerprint density at radius 2 is 1.36 bits per heavy atom. The van der Waals surface area contributed by atoms with Gasteiger partial charge in [-0.2, -0.15) is 13.0 Å². The van der Waals surface area contributed by atoms with E-state index in [-0.39, 0.29) is 16.6 Å². The lowest BCUT2D eigenvalue weighted by Crippen LogP contribution is -2.28. The van der Waals surface area contributed by atoms with Crippen LogP contribution < -0.4 is 5.32 Å². The zero-order valence-corrected chi connectivity index (χ0v) is 27.2. The Labute approximate surface area is 266 Å². The van der Waals surface area contributed by atoms with Crippen molar-refractivity contribution in [3.8, 4) is 0 Å². The number of benzene rings is 4. The largest absolute Gasteiger partial charge is 0.358 e. The Kier molecular flexibility index (Phi) is 8.14. The summed E-state index contributed by atoms with van der Waals surface area (Å²) in [5, 5.41) is 8.62. The Bertz CT molecular complexity index is 2060. The summed E-state index contributed by atoms with van der Waals surface area (Å²) in [4.78, 5) is 0. The summed E-state index contributed by atoms with van der Waals surface area (Å²) >= 11 is 0. The predicted molar refractivity (Wildman–Crippen MR) is 189 cm³/mol. The molecule has 0 aliphatic carbocycles. The average Bonchev–Trinajstić information content (AvgIpc) is 3.39. The van der Waals surface area contributed by atoms with Crippen molar-refractivity contribution < 1.29 is 17.5 Å². The van der Waals surface area contributed by atoms with E-state index in [0.717, 1.165) is 5.69 Å². The smallest absolute Gasteiger partial charge is 0.264 e. The minimum atomic E-state index is -3.97. The molecule has 6 heteroatoms. The van der Waals surface area contributed by atoms with Crippen LogP contribution in [0.25, 0.3) is 21.5 Å². The number of nitrogens with one attached hydrogen (secondary N) is 1. The first-order chi connectivity index (χ1) is 21.5. The van der Waals surface area contributed by atoms with Crippen LogP contribution in [0.1, 0.15) is 51.7 Å². The monoisotopic (exact) mass is 617 g/mol. The van der Waals surface area contributed by atoms with Crippen molar-refractivity contribution in [2.45, 2.75) is 51.4 Å². The van der Waals surface area contributed by atoms with Crippen molar-refractivity contribution in [1.82, 2.24) is 0 Å². The molecule has 2 aliphatic rings. The van der Waals surface area contributed by atoms with Gasteiger partial charge in [0.2, 0.25) is 5.69 Å². The lowest BCUT2D eigenvalue weighted by molar-refractivity contribution is -0.438. The Morgan fingerprint density at radius 3 is 2.07 bits per heavy atom. The van der Waals surface area contributed by atoms with Gasteiger partial charge < -0.3 is 5.32 Å². The van der Waals surface area contributed by atoms with Gasteiger partial charge in [0.25, 0.3) is 10.1 Å². The average molecular weight is 618 g/mol. The fourth-order valence-corrected chi connectivity index (χ4v) is 7.63. The van der Waals surface area contributed by atoms with Gasteiger partial charge in [-0.1, -0.05) is 98.8 Å². The summed E-state index contributed by atoms with van der Waals surface area (Å²) in [5.74, 6) is -0.222. The molecule has 2 N–H and O–H groups in total. The summed E-state index contributed by atoms with van der Waals surface area (Å²) in [5.41, 5.74) is 6.91. The standard InChI is InChI=1S/C39H40N2O3S/c1-38(2)34(40-32-24-22-28-16-10-12-18-30(28)36(32)38)20-8-6-5-7-9-21-35-39(3,4)37-31-19-13-11-17-29(31)23-25-33(37)41(35)26-14-15-27-45(42,43)44/h5-13,16-25H,14-15,26-27H2,1-4H3,(H,42,43,44)/p+1. The number of nitrogens with zero attached hydrogens (tertiary/aromatic N) is 1. The van der Waals surface area contributed by atoms with Crippen LogP contribution in [0.3, 0.4) is 0 Å². The van der Waals surface area contributed by atoms with E-state index in [1.807, 2.05) is 12.2 Å². The lowest BCUT2D eigenvalue weighted by atomic mass is 9.79. The first kappa shape index (κ1) is 30.8. The van der Waals surface area contributed by atoms with E-state index in [1.165, 1.54) is 49.8 Å². The Balaban J connectivity index is 1.22. The van der Waals surface area contributed by atoms with Gasteiger partial charge in [-0.15, -0.1) is 0 Å². The second-order valence-electron chi connectivity index (χ2n) is 13.0. The van der Waals surface area contributed by atoms with Gasteiger partial charge in [0.05, 0.1) is 11.2 Å². The van der Waals surface area contributed by atoms with Gasteiger partial charge in [0.15, 0.2) is 5.71 Å². The minimum absolute atomic E-state index is 0.126. The normalized spacial score (nSPS) is 18.2. The van der Waals surface area contributed by atoms with E-state index in [1.54, 1.807) is 0 Å². The van der Waals surface area contributed by atoms with Crippen LogP contribution >= 0.6 is 0 Å². The molecule has 0 aromatic heterocycles. The maximum atomic E-state index is 11.3. The zero-order chi connectivity index (χ0) is 31.8. The molecule has 45 heavy (non-hydrogen) atoms. The maximum absolute atomic E-state index is 11.3. The van der Waals surface area contributed by atoms with Crippen molar-refractivity contribution in [3.05, 3.63) is 132 Å². The number of anilines is 1. The fourth-order valence-electron chi connectivity index (χ4n) is 7.06. The van der Waals surface area contributed by atoms with Gasteiger partial charge in [-0.25, -0.2) is 0 Å². The SMILES string of the molecule is CC1(C)C(/C=C/C=C/C=C/C=C2\Nc3ccc4ccccc4c3C2(C)C)=[N+](CCCCS(=O)(=O)O)c2ccc3ccccc3c21. The highest BCUT2D eigenvalue weighted by Gasteiger charge is 2.45. The molecule has 0 bridgehead atoms. The fraction of sp³-hybridized carbons (Fsp3) is 0.256. The molecule has 0 unspecified atom stereocenters. The number of allylic oxidation sites excluding steroid dienone is 8. The van der Waals surface area contributed by atoms with Crippen LogP contribution in [0.5, 0.6) is 0 Å². The molecule has 0 saturated carbocycles. The third-order valence-electron chi connectivity index (χ3n) is 9.25. The highest BCUT2D eigenvalue weighted by molar-refractivity contribution is 7.85. The molecule has 0 amide bonds. The van der Waals surface area contributed by atoms with E-state index in [2.05, 4.69) is 141 Å². The van der Waals surface area contributed by atoms with Crippen molar-refractivity contribution in [1.29, 1.82) is 0 Å². The van der Waals surface area contributed by atoms with Gasteiger partial charge in [-0.3, -0.25) is 4.55 Å². The third kappa shape index (κ3) is 5.92. The molecule has 0 radical (unpaired) electrons. The Morgan fingerprint density at radius 1 is 0.733 bits per heavy atom. The quantitative estimate of drug-likeness (QED) is 0.0851. The van der Waals surface area contributed by atoms with Gasteiger partial charge in [-0.05, 0) is 65.6 Å². The first-order valence-corrected chi connectivity index (χ1v) is 17.2. The van der Waals surface area contributed by atoms with Crippen molar-refractivity contribution in [3.63, 3.8) is 0 Å². The highest BCUT2D eigenvalue weighted by atomic mass is 32.2. The summed E-state index contributed by atoms with van der Waals surface area (Å²) in [6.07, 6.45) is 15.7. The summed E-state index contributed by atoms with van der Waals surface area (Å²) < 4.78 is 34.1. The van der Waals surface area contributed by atoms with Crippen LogP contribution in [-0.2, 0) is 20.9 Å². The van der Waals surface area contributed by atoms with E-state index in [9.17, 15) is 13.0 Å². The van der Waals surface area contributed by atoms with Crippen molar-refractivity contribution in [2.75, 3.05) is 17.6 Å². The zero-order valence-electron chi connectivity index (χ0n) is 26.4. The van der Waals surface area contributed by atoms with Crippen LogP contribution in [-0.4, -0.2) is 35.6 Å². The van der Waals surface area contributed by atoms with Crippen LogP contribution in [0.2, 0.25) is 0 Å². The van der Waals surface area contributed by atoms with Crippen LogP contribution in [0.4, 0.5) is 11.4 Å². The second-order valence-corrected chi connectivity index (χ2v) is 14.6. The number of hydrogen-bond donors (Lipinski definition) is 2. The van der Waals surface area contributed by atoms with Gasteiger partial charge in [0.1, 0.15) is 6.54 Å².